The Hall–Kier alpha value is -2.40. The van der Waals surface area contributed by atoms with Crippen LogP contribution in [0.5, 0.6) is 0 Å². The third kappa shape index (κ3) is 3.98. The molecule has 0 unspecified atom stereocenters. The highest BCUT2D eigenvalue weighted by molar-refractivity contribution is 7.08. The van der Waals surface area contributed by atoms with E-state index >= 15 is 0 Å². The molecule has 140 valence electrons. The molecule has 0 aliphatic carbocycles. The van der Waals surface area contributed by atoms with Crippen molar-refractivity contribution in [1.29, 1.82) is 0 Å². The Morgan fingerprint density at radius 1 is 1.15 bits per heavy atom. The normalized spacial score (nSPS) is 19.3. The van der Waals surface area contributed by atoms with Gasteiger partial charge in [-0.05, 0) is 29.9 Å². The maximum absolute atomic E-state index is 12.5. The fourth-order valence-electron chi connectivity index (χ4n) is 4.12. The van der Waals surface area contributed by atoms with Gasteiger partial charge in [-0.25, -0.2) is 0 Å². The van der Waals surface area contributed by atoms with E-state index in [2.05, 4.69) is 24.3 Å². The van der Waals surface area contributed by atoms with Gasteiger partial charge < -0.3 is 9.80 Å². The molecule has 2 saturated heterocycles. The number of nitrogens with zero attached hydrogens (tertiary/aromatic N) is 2. The van der Waals surface area contributed by atoms with Gasteiger partial charge in [0.05, 0.1) is 5.56 Å². The van der Waals surface area contributed by atoms with Gasteiger partial charge >= 0.3 is 0 Å². The van der Waals surface area contributed by atoms with Gasteiger partial charge in [0.2, 0.25) is 5.91 Å². The van der Waals surface area contributed by atoms with Gasteiger partial charge in [-0.1, -0.05) is 42.5 Å². The molecule has 27 heavy (non-hydrogen) atoms. The van der Waals surface area contributed by atoms with E-state index in [0.29, 0.717) is 13.0 Å². The van der Waals surface area contributed by atoms with Crippen molar-refractivity contribution < 1.29 is 9.59 Å². The standard InChI is InChI=1S/C22H24N2O2S/c25-20-15-22(17-24(20)11-4-7-18-5-2-1-3-6-18)9-12-23(13-10-22)21(26)19-8-14-27-16-19/h1-8,14,16H,9-13,15,17H2/b7-4+. The number of amides is 2. The molecule has 2 aromatic rings. The third-order valence-corrected chi connectivity index (χ3v) is 6.40. The van der Waals surface area contributed by atoms with Crippen molar-refractivity contribution >= 4 is 29.2 Å². The highest BCUT2D eigenvalue weighted by atomic mass is 32.1. The molecule has 1 spiro atoms. The van der Waals surface area contributed by atoms with Gasteiger partial charge in [0.25, 0.3) is 5.91 Å². The summed E-state index contributed by atoms with van der Waals surface area (Å²) in [5, 5.41) is 3.85. The van der Waals surface area contributed by atoms with E-state index in [4.69, 9.17) is 0 Å². The van der Waals surface area contributed by atoms with Gasteiger partial charge in [0.1, 0.15) is 0 Å². The zero-order valence-electron chi connectivity index (χ0n) is 15.3. The SMILES string of the molecule is O=C1CC2(CCN(C(=O)c3ccsc3)CC2)CN1C/C=C/c1ccccc1. The van der Waals surface area contributed by atoms with Gasteiger partial charge in [-0.2, -0.15) is 11.3 Å². The minimum absolute atomic E-state index is 0.0447. The zero-order valence-corrected chi connectivity index (χ0v) is 16.2. The number of carbonyl (C=O) groups is 2. The van der Waals surface area contributed by atoms with Crippen LogP contribution < -0.4 is 0 Å². The summed E-state index contributed by atoms with van der Waals surface area (Å²) in [6.07, 6.45) is 6.58. The number of rotatable bonds is 4. The number of likely N-dealkylation sites (tertiary alicyclic amines) is 2. The minimum Gasteiger partial charge on any atom is -0.339 e. The second-order valence-electron chi connectivity index (χ2n) is 7.57. The summed E-state index contributed by atoms with van der Waals surface area (Å²) in [5.74, 6) is 0.364. The van der Waals surface area contributed by atoms with Crippen molar-refractivity contribution in [3.63, 3.8) is 0 Å². The van der Waals surface area contributed by atoms with Gasteiger partial charge in [-0.15, -0.1) is 0 Å². The molecule has 4 rings (SSSR count). The van der Waals surface area contributed by atoms with Crippen LogP contribution in [0.4, 0.5) is 0 Å². The molecule has 1 aromatic carbocycles. The van der Waals surface area contributed by atoms with Crippen molar-refractivity contribution in [2.45, 2.75) is 19.3 Å². The molecular weight excluding hydrogens is 356 g/mol. The number of piperidine rings is 1. The molecule has 2 fully saturated rings. The Morgan fingerprint density at radius 3 is 2.63 bits per heavy atom. The summed E-state index contributed by atoms with van der Waals surface area (Å²) in [5.41, 5.74) is 1.98. The average Bonchev–Trinajstić information content (AvgIpc) is 3.32. The van der Waals surface area contributed by atoms with Crippen molar-refractivity contribution in [1.82, 2.24) is 9.80 Å². The monoisotopic (exact) mass is 380 g/mol. The van der Waals surface area contributed by atoms with E-state index in [1.807, 2.05) is 44.8 Å². The van der Waals surface area contributed by atoms with Crippen LogP contribution in [0, 0.1) is 5.41 Å². The highest BCUT2D eigenvalue weighted by Gasteiger charge is 2.45. The van der Waals surface area contributed by atoms with E-state index < -0.39 is 0 Å². The molecular formula is C22H24N2O2S. The number of benzene rings is 1. The van der Waals surface area contributed by atoms with Crippen molar-refractivity contribution in [3.05, 3.63) is 64.4 Å². The fourth-order valence-corrected chi connectivity index (χ4v) is 4.75. The zero-order chi connectivity index (χ0) is 18.7. The summed E-state index contributed by atoms with van der Waals surface area (Å²) in [6.45, 7) is 2.96. The Labute approximate surface area is 164 Å². The van der Waals surface area contributed by atoms with Crippen molar-refractivity contribution in [2.24, 2.45) is 5.41 Å². The van der Waals surface area contributed by atoms with Crippen LogP contribution in [-0.2, 0) is 4.79 Å². The van der Waals surface area contributed by atoms with Gasteiger partial charge in [0.15, 0.2) is 0 Å². The molecule has 2 amide bonds. The van der Waals surface area contributed by atoms with Crippen LogP contribution >= 0.6 is 11.3 Å². The number of hydrogen-bond acceptors (Lipinski definition) is 3. The second-order valence-corrected chi connectivity index (χ2v) is 8.35. The van der Waals surface area contributed by atoms with E-state index in [1.54, 1.807) is 11.3 Å². The first-order valence-electron chi connectivity index (χ1n) is 9.46. The minimum atomic E-state index is 0.0447. The smallest absolute Gasteiger partial charge is 0.254 e. The predicted octanol–water partition coefficient (Wildman–Crippen LogP) is 3.92. The van der Waals surface area contributed by atoms with Crippen LogP contribution in [0.1, 0.15) is 35.2 Å². The largest absolute Gasteiger partial charge is 0.339 e. The maximum atomic E-state index is 12.5. The molecule has 2 aliphatic heterocycles. The fraction of sp³-hybridized carbons (Fsp3) is 0.364. The molecule has 0 bridgehead atoms. The number of hydrogen-bond donors (Lipinski definition) is 0. The first-order valence-corrected chi connectivity index (χ1v) is 10.4. The lowest BCUT2D eigenvalue weighted by Crippen LogP contribution is -2.44. The summed E-state index contributed by atoms with van der Waals surface area (Å²) in [4.78, 5) is 28.9. The van der Waals surface area contributed by atoms with Crippen LogP contribution in [-0.4, -0.2) is 47.8 Å². The molecule has 0 radical (unpaired) electrons. The summed E-state index contributed by atoms with van der Waals surface area (Å²) >= 11 is 1.55. The Bertz CT molecular complexity index is 821. The Balaban J connectivity index is 1.32. The lowest BCUT2D eigenvalue weighted by atomic mass is 9.77. The molecule has 5 heteroatoms. The summed E-state index contributed by atoms with van der Waals surface area (Å²) in [6, 6.07) is 12.0. The van der Waals surface area contributed by atoms with E-state index in [-0.39, 0.29) is 17.2 Å². The first-order chi connectivity index (χ1) is 13.2. The third-order valence-electron chi connectivity index (χ3n) is 5.72. The molecule has 3 heterocycles. The highest BCUT2D eigenvalue weighted by Crippen LogP contribution is 2.41. The van der Waals surface area contributed by atoms with E-state index in [1.165, 1.54) is 0 Å². The van der Waals surface area contributed by atoms with E-state index in [0.717, 1.165) is 43.6 Å². The van der Waals surface area contributed by atoms with Crippen LogP contribution in [0.15, 0.2) is 53.2 Å². The quantitative estimate of drug-likeness (QED) is 0.807. The summed E-state index contributed by atoms with van der Waals surface area (Å²) in [7, 11) is 0. The Kier molecular flexibility index (Phi) is 5.12. The summed E-state index contributed by atoms with van der Waals surface area (Å²) < 4.78 is 0. The Morgan fingerprint density at radius 2 is 1.93 bits per heavy atom. The molecule has 4 nitrogen and oxygen atoms in total. The molecule has 2 aliphatic rings. The van der Waals surface area contributed by atoms with Crippen LogP contribution in [0.3, 0.4) is 0 Å². The molecule has 0 saturated carbocycles. The predicted molar refractivity (Wildman–Crippen MR) is 109 cm³/mol. The van der Waals surface area contributed by atoms with Gasteiger partial charge in [0, 0.05) is 43.4 Å². The lowest BCUT2D eigenvalue weighted by molar-refractivity contribution is -0.127. The molecule has 0 atom stereocenters. The lowest BCUT2D eigenvalue weighted by Gasteiger charge is -2.38. The maximum Gasteiger partial charge on any atom is 0.254 e. The number of carbonyl (C=O) groups excluding carboxylic acids is 2. The van der Waals surface area contributed by atoms with Crippen molar-refractivity contribution in [2.75, 3.05) is 26.2 Å². The van der Waals surface area contributed by atoms with Crippen molar-refractivity contribution in [3.8, 4) is 0 Å². The molecule has 0 N–H and O–H groups in total. The van der Waals surface area contributed by atoms with Crippen LogP contribution in [0.2, 0.25) is 0 Å². The number of thiophene rings is 1. The topological polar surface area (TPSA) is 40.6 Å². The average molecular weight is 381 g/mol. The first kappa shape index (κ1) is 18.0. The van der Waals surface area contributed by atoms with Gasteiger partial charge in [-0.3, -0.25) is 9.59 Å². The second kappa shape index (κ2) is 7.69. The van der Waals surface area contributed by atoms with E-state index in [9.17, 15) is 9.59 Å². The molecule has 1 aromatic heterocycles. The van der Waals surface area contributed by atoms with Crippen LogP contribution in [0.25, 0.3) is 6.08 Å².